The standard InChI is InChI=1S/C12H19F2NO4/c1-11(2,3)19-10(18)15-8-7(9(16)17)5-4-6-12(8,13)14/h7-8H,4-6H2,1-3H3,(H,15,18)(H,16,17). The lowest BCUT2D eigenvalue weighted by Gasteiger charge is -2.36. The molecule has 2 atom stereocenters. The van der Waals surface area contributed by atoms with Crippen LogP contribution in [0, 0.1) is 5.92 Å². The van der Waals surface area contributed by atoms with E-state index in [1.165, 1.54) is 0 Å². The van der Waals surface area contributed by atoms with Crippen LogP contribution < -0.4 is 5.32 Å². The van der Waals surface area contributed by atoms with Gasteiger partial charge in [-0.3, -0.25) is 4.79 Å². The number of alkyl halides is 2. The zero-order chi connectivity index (χ0) is 14.8. The first-order chi connectivity index (χ1) is 8.53. The molecule has 0 bridgehead atoms. The molecule has 0 aromatic rings. The van der Waals surface area contributed by atoms with Gasteiger partial charge in [0, 0.05) is 6.42 Å². The van der Waals surface area contributed by atoms with Gasteiger partial charge in [0.2, 0.25) is 0 Å². The van der Waals surface area contributed by atoms with Crippen LogP contribution in [0.5, 0.6) is 0 Å². The number of amides is 1. The molecular weight excluding hydrogens is 260 g/mol. The minimum Gasteiger partial charge on any atom is -0.481 e. The van der Waals surface area contributed by atoms with E-state index in [1.54, 1.807) is 20.8 Å². The molecule has 1 amide bonds. The van der Waals surface area contributed by atoms with Crippen molar-refractivity contribution >= 4 is 12.1 Å². The van der Waals surface area contributed by atoms with Crippen LogP contribution in [0.3, 0.4) is 0 Å². The molecule has 2 unspecified atom stereocenters. The lowest BCUT2D eigenvalue weighted by Crippen LogP contribution is -2.57. The molecule has 110 valence electrons. The Morgan fingerprint density at radius 3 is 2.42 bits per heavy atom. The van der Waals surface area contributed by atoms with Crippen LogP contribution >= 0.6 is 0 Å². The normalized spacial score (nSPS) is 26.6. The summed E-state index contributed by atoms with van der Waals surface area (Å²) in [5.41, 5.74) is -0.827. The first-order valence-electron chi connectivity index (χ1n) is 6.13. The zero-order valence-corrected chi connectivity index (χ0v) is 11.2. The van der Waals surface area contributed by atoms with Crippen LogP contribution in [0.1, 0.15) is 40.0 Å². The van der Waals surface area contributed by atoms with Gasteiger partial charge in [0.05, 0.1) is 5.92 Å². The molecule has 0 heterocycles. The highest BCUT2D eigenvalue weighted by Crippen LogP contribution is 2.37. The second-order valence-corrected chi connectivity index (χ2v) is 5.72. The van der Waals surface area contributed by atoms with E-state index >= 15 is 0 Å². The van der Waals surface area contributed by atoms with Crippen molar-refractivity contribution in [1.29, 1.82) is 0 Å². The van der Waals surface area contributed by atoms with Crippen LogP contribution in [-0.2, 0) is 9.53 Å². The number of halogens is 2. The maximum Gasteiger partial charge on any atom is 0.408 e. The maximum atomic E-state index is 13.7. The number of carboxylic acids is 1. The third-order valence-corrected chi connectivity index (χ3v) is 2.87. The number of alkyl carbamates (subject to hydrolysis) is 1. The second-order valence-electron chi connectivity index (χ2n) is 5.72. The topological polar surface area (TPSA) is 75.6 Å². The Hall–Kier alpha value is -1.40. The molecule has 1 aliphatic carbocycles. The highest BCUT2D eigenvalue weighted by atomic mass is 19.3. The van der Waals surface area contributed by atoms with Gasteiger partial charge in [0.15, 0.2) is 0 Å². The number of carboxylic acid groups (broad SMARTS) is 1. The van der Waals surface area contributed by atoms with Gasteiger partial charge >= 0.3 is 12.1 Å². The third kappa shape index (κ3) is 4.33. The van der Waals surface area contributed by atoms with E-state index < -0.39 is 42.0 Å². The van der Waals surface area contributed by atoms with Crippen molar-refractivity contribution in [3.63, 3.8) is 0 Å². The minimum atomic E-state index is -3.24. The van der Waals surface area contributed by atoms with Crippen molar-refractivity contribution in [3.8, 4) is 0 Å². The first-order valence-corrected chi connectivity index (χ1v) is 6.13. The van der Waals surface area contributed by atoms with Crippen molar-refractivity contribution in [2.45, 2.75) is 57.6 Å². The van der Waals surface area contributed by atoms with Gasteiger partial charge in [-0.1, -0.05) is 0 Å². The van der Waals surface area contributed by atoms with E-state index in [9.17, 15) is 18.4 Å². The summed E-state index contributed by atoms with van der Waals surface area (Å²) >= 11 is 0. The predicted octanol–water partition coefficient (Wildman–Crippen LogP) is 2.40. The van der Waals surface area contributed by atoms with Crippen molar-refractivity contribution in [3.05, 3.63) is 0 Å². The summed E-state index contributed by atoms with van der Waals surface area (Å²) < 4.78 is 32.4. The van der Waals surface area contributed by atoms with Gasteiger partial charge in [0.1, 0.15) is 11.6 Å². The molecule has 1 fully saturated rings. The fourth-order valence-corrected chi connectivity index (χ4v) is 2.08. The summed E-state index contributed by atoms with van der Waals surface area (Å²) in [4.78, 5) is 22.5. The van der Waals surface area contributed by atoms with Gasteiger partial charge < -0.3 is 15.2 Å². The molecule has 2 N–H and O–H groups in total. The predicted molar refractivity (Wildman–Crippen MR) is 63.1 cm³/mol. The fraction of sp³-hybridized carbons (Fsp3) is 0.833. The van der Waals surface area contributed by atoms with E-state index in [0.29, 0.717) is 0 Å². The summed E-state index contributed by atoms with van der Waals surface area (Å²) in [5.74, 6) is -5.87. The van der Waals surface area contributed by atoms with Crippen LogP contribution in [-0.4, -0.2) is 34.7 Å². The summed E-state index contributed by atoms with van der Waals surface area (Å²) in [6.45, 7) is 4.79. The summed E-state index contributed by atoms with van der Waals surface area (Å²) in [6, 6.07) is -1.73. The van der Waals surface area contributed by atoms with Crippen LogP contribution in [0.15, 0.2) is 0 Å². The molecule has 0 aromatic carbocycles. The van der Waals surface area contributed by atoms with Gasteiger partial charge in [-0.25, -0.2) is 13.6 Å². The molecular formula is C12H19F2NO4. The van der Waals surface area contributed by atoms with E-state index in [2.05, 4.69) is 0 Å². The Balaban J connectivity index is 2.80. The first kappa shape index (κ1) is 15.7. The van der Waals surface area contributed by atoms with Crippen LogP contribution in [0.2, 0.25) is 0 Å². The molecule has 0 radical (unpaired) electrons. The number of carbonyl (C=O) groups is 2. The molecule has 19 heavy (non-hydrogen) atoms. The number of hydrogen-bond acceptors (Lipinski definition) is 3. The Bertz CT molecular complexity index is 365. The molecule has 1 rings (SSSR count). The Kier molecular flexibility index (Phi) is 4.37. The number of carbonyl (C=O) groups excluding carboxylic acids is 1. The number of rotatable bonds is 2. The molecule has 0 saturated heterocycles. The van der Waals surface area contributed by atoms with Crippen LogP contribution in [0.4, 0.5) is 13.6 Å². The maximum absolute atomic E-state index is 13.7. The van der Waals surface area contributed by atoms with Crippen molar-refractivity contribution in [2.24, 2.45) is 5.92 Å². The summed E-state index contributed by atoms with van der Waals surface area (Å²) in [7, 11) is 0. The largest absolute Gasteiger partial charge is 0.481 e. The highest BCUT2D eigenvalue weighted by molar-refractivity contribution is 5.74. The van der Waals surface area contributed by atoms with Crippen LogP contribution in [0.25, 0.3) is 0 Å². The molecule has 0 aliphatic heterocycles. The SMILES string of the molecule is CC(C)(C)OC(=O)NC1C(C(=O)O)CCCC1(F)F. The third-order valence-electron chi connectivity index (χ3n) is 2.87. The van der Waals surface area contributed by atoms with E-state index in [4.69, 9.17) is 9.84 Å². The van der Waals surface area contributed by atoms with Crippen molar-refractivity contribution in [1.82, 2.24) is 5.32 Å². The lowest BCUT2D eigenvalue weighted by molar-refractivity contribution is -0.153. The molecule has 0 spiro atoms. The summed E-state index contributed by atoms with van der Waals surface area (Å²) in [6.07, 6.45) is -1.22. The van der Waals surface area contributed by atoms with Crippen molar-refractivity contribution in [2.75, 3.05) is 0 Å². The van der Waals surface area contributed by atoms with Gasteiger partial charge in [-0.2, -0.15) is 0 Å². The van der Waals surface area contributed by atoms with E-state index in [1.807, 2.05) is 5.32 Å². The molecule has 7 heteroatoms. The number of aliphatic carboxylic acids is 1. The second kappa shape index (κ2) is 5.30. The molecule has 1 saturated carbocycles. The number of ether oxygens (including phenoxy) is 1. The quantitative estimate of drug-likeness (QED) is 0.813. The Morgan fingerprint density at radius 2 is 1.95 bits per heavy atom. The fourth-order valence-electron chi connectivity index (χ4n) is 2.08. The summed E-state index contributed by atoms with van der Waals surface area (Å²) in [5, 5.41) is 11.0. The highest BCUT2D eigenvalue weighted by Gasteiger charge is 2.50. The molecule has 1 aliphatic rings. The monoisotopic (exact) mass is 279 g/mol. The smallest absolute Gasteiger partial charge is 0.408 e. The lowest BCUT2D eigenvalue weighted by atomic mass is 9.82. The minimum absolute atomic E-state index is 0.116. The number of hydrogen-bond donors (Lipinski definition) is 2. The average Bonchev–Trinajstić information content (AvgIpc) is 2.17. The van der Waals surface area contributed by atoms with Gasteiger partial charge in [-0.15, -0.1) is 0 Å². The Morgan fingerprint density at radius 1 is 1.37 bits per heavy atom. The van der Waals surface area contributed by atoms with Gasteiger partial charge in [0.25, 0.3) is 5.92 Å². The van der Waals surface area contributed by atoms with E-state index in [-0.39, 0.29) is 12.8 Å². The Labute approximate surface area is 110 Å². The average molecular weight is 279 g/mol. The van der Waals surface area contributed by atoms with Gasteiger partial charge in [-0.05, 0) is 33.6 Å². The number of nitrogens with one attached hydrogen (secondary N) is 1. The van der Waals surface area contributed by atoms with Crippen molar-refractivity contribution < 1.29 is 28.2 Å². The molecule has 0 aromatic heterocycles. The molecule has 5 nitrogen and oxygen atoms in total. The zero-order valence-electron chi connectivity index (χ0n) is 11.2. The van der Waals surface area contributed by atoms with E-state index in [0.717, 1.165) is 0 Å².